The quantitative estimate of drug-likeness (QED) is 0.345. The average Bonchev–Trinajstić information content (AvgIpc) is 3.32. The summed E-state index contributed by atoms with van der Waals surface area (Å²) in [5.41, 5.74) is -2.61. The summed E-state index contributed by atoms with van der Waals surface area (Å²) in [6.07, 6.45) is 8.21. The number of allylic oxidation sites excluding steroid dienone is 1. The van der Waals surface area contributed by atoms with Gasteiger partial charge in [-0.15, -0.1) is 0 Å². The van der Waals surface area contributed by atoms with E-state index in [0.717, 1.165) is 19.3 Å². The lowest BCUT2D eigenvalue weighted by molar-refractivity contribution is -0.385. The van der Waals surface area contributed by atoms with Crippen LogP contribution in [0, 0.1) is 35.0 Å². The minimum Gasteiger partial charge on any atom is -0.456 e. The van der Waals surface area contributed by atoms with E-state index >= 15 is 0 Å². The summed E-state index contributed by atoms with van der Waals surface area (Å²) in [6, 6.07) is 0. The van der Waals surface area contributed by atoms with Crippen molar-refractivity contribution in [2.75, 3.05) is 0 Å². The molecule has 1 spiro atoms. The van der Waals surface area contributed by atoms with Gasteiger partial charge in [-0.3, -0.25) is 4.79 Å². The van der Waals surface area contributed by atoms with E-state index in [1.165, 1.54) is 0 Å². The highest BCUT2D eigenvalue weighted by Gasteiger charge is 2.77. The van der Waals surface area contributed by atoms with Crippen LogP contribution in [0.5, 0.6) is 0 Å². The van der Waals surface area contributed by atoms with Crippen LogP contribution >= 0.6 is 0 Å². The summed E-state index contributed by atoms with van der Waals surface area (Å²) in [5.74, 6) is -0.351. The van der Waals surface area contributed by atoms with E-state index in [1.807, 2.05) is 6.92 Å². The standard InChI is InChI=1S/C29H42O7/c1-15(19-14-26(6)24(3,4)35-27(7,33-19)36-26)17-8-9-18-21-22-23(32-22)29(11-10-20(30)34-29)16(2)28(21,31)13-12-25(17,18)5/h12-13,15-19,21-23,31H,8-11,14H2,1-7H3/t15-,16-,17+,18-,19+,21+,22-,23-,25+,26+,27-,28+,29+/m0/s1. The molecular formula is C29H42O7. The first-order valence-corrected chi connectivity index (χ1v) is 14.1. The van der Waals surface area contributed by atoms with E-state index < -0.39 is 28.4 Å². The summed E-state index contributed by atoms with van der Waals surface area (Å²) < 4.78 is 31.3. The van der Waals surface area contributed by atoms with Gasteiger partial charge in [0.1, 0.15) is 17.3 Å². The number of fused-ring (bicyclic) bond motifs is 8. The van der Waals surface area contributed by atoms with Crippen LogP contribution in [0.25, 0.3) is 0 Å². The molecule has 4 heterocycles. The number of ether oxygens (including phenoxy) is 5. The summed E-state index contributed by atoms with van der Waals surface area (Å²) in [7, 11) is 0. The zero-order valence-corrected chi connectivity index (χ0v) is 22.7. The Morgan fingerprint density at radius 2 is 1.83 bits per heavy atom. The molecule has 0 aromatic rings. The minimum absolute atomic E-state index is 0.0127. The lowest BCUT2D eigenvalue weighted by atomic mass is 9.50. The number of rotatable bonds is 2. The molecule has 2 saturated carbocycles. The van der Waals surface area contributed by atoms with E-state index in [1.54, 1.807) is 0 Å². The Kier molecular flexibility index (Phi) is 4.53. The SMILES string of the molecule is C[C@@H]([C@H]1CC[C@H]2[C@@H]3[C@@H]4O[C@@H]4[C@@]4(CCC(=O)O4)[C@@H](C)[C@]3(O)C=C[C@]12C)[C@H]1C[C@@]2(C)O[C@@](C)(O1)OC2(C)C. The van der Waals surface area contributed by atoms with Gasteiger partial charge in [0.15, 0.2) is 0 Å². The Bertz CT molecular complexity index is 1040. The molecule has 7 rings (SSSR count). The first-order valence-electron chi connectivity index (χ1n) is 14.1. The van der Waals surface area contributed by atoms with Gasteiger partial charge in [0.25, 0.3) is 5.97 Å². The predicted octanol–water partition coefficient (Wildman–Crippen LogP) is 4.11. The molecule has 4 aliphatic heterocycles. The zero-order valence-electron chi connectivity index (χ0n) is 22.7. The Hall–Kier alpha value is -0.990. The van der Waals surface area contributed by atoms with Crippen molar-refractivity contribution in [2.24, 2.45) is 35.0 Å². The van der Waals surface area contributed by atoms with E-state index in [2.05, 4.69) is 53.7 Å². The van der Waals surface area contributed by atoms with Crippen LogP contribution in [-0.2, 0) is 28.5 Å². The predicted molar refractivity (Wildman–Crippen MR) is 129 cm³/mol. The third kappa shape index (κ3) is 2.74. The van der Waals surface area contributed by atoms with Gasteiger partial charge in [0.05, 0.1) is 23.4 Å². The second kappa shape index (κ2) is 6.77. The molecule has 36 heavy (non-hydrogen) atoms. The Balaban J connectivity index is 1.19. The van der Waals surface area contributed by atoms with Gasteiger partial charge in [0.2, 0.25) is 0 Å². The topological polar surface area (TPSA) is 86.8 Å². The number of carbonyl (C=O) groups excluding carboxylic acids is 1. The van der Waals surface area contributed by atoms with Gasteiger partial charge in [-0.1, -0.05) is 32.9 Å². The van der Waals surface area contributed by atoms with Gasteiger partial charge in [-0.05, 0) is 56.8 Å². The maximum atomic E-state index is 12.2. The summed E-state index contributed by atoms with van der Waals surface area (Å²) in [6.45, 7) is 15.0. The molecule has 7 aliphatic rings. The van der Waals surface area contributed by atoms with Crippen molar-refractivity contribution < 1.29 is 33.6 Å². The van der Waals surface area contributed by atoms with Crippen molar-refractivity contribution in [3.8, 4) is 0 Å². The lowest BCUT2D eigenvalue weighted by Gasteiger charge is -2.56. The third-order valence-electron chi connectivity index (χ3n) is 12.2. The van der Waals surface area contributed by atoms with Crippen LogP contribution in [0.15, 0.2) is 12.2 Å². The lowest BCUT2D eigenvalue weighted by Crippen LogP contribution is -2.65. The number of hydrogen-bond donors (Lipinski definition) is 1. The third-order valence-corrected chi connectivity index (χ3v) is 12.2. The van der Waals surface area contributed by atoms with Gasteiger partial charge >= 0.3 is 5.97 Å². The van der Waals surface area contributed by atoms with Crippen molar-refractivity contribution in [1.29, 1.82) is 0 Å². The molecule has 7 nitrogen and oxygen atoms in total. The second-order valence-corrected chi connectivity index (χ2v) is 14.1. The van der Waals surface area contributed by atoms with Crippen LogP contribution in [0.1, 0.15) is 80.6 Å². The Morgan fingerprint density at radius 3 is 2.50 bits per heavy atom. The highest BCUT2D eigenvalue weighted by molar-refractivity contribution is 5.73. The monoisotopic (exact) mass is 502 g/mol. The van der Waals surface area contributed by atoms with E-state index in [4.69, 9.17) is 23.7 Å². The maximum absolute atomic E-state index is 12.2. The molecule has 2 bridgehead atoms. The average molecular weight is 503 g/mol. The highest BCUT2D eigenvalue weighted by Crippen LogP contribution is 2.69. The minimum atomic E-state index is -1.03. The smallest absolute Gasteiger partial charge is 0.306 e. The fraction of sp³-hybridized carbons (Fsp3) is 0.897. The number of hydrogen-bond acceptors (Lipinski definition) is 7. The van der Waals surface area contributed by atoms with E-state index in [0.29, 0.717) is 30.6 Å². The first kappa shape index (κ1) is 24.1. The van der Waals surface area contributed by atoms with Crippen LogP contribution in [-0.4, -0.2) is 57.8 Å². The van der Waals surface area contributed by atoms with Gasteiger partial charge < -0.3 is 28.8 Å². The Morgan fingerprint density at radius 1 is 1.08 bits per heavy atom. The largest absolute Gasteiger partial charge is 0.456 e. The molecule has 13 atom stereocenters. The zero-order chi connectivity index (χ0) is 25.7. The fourth-order valence-corrected chi connectivity index (χ4v) is 9.83. The van der Waals surface area contributed by atoms with E-state index in [-0.39, 0.29) is 41.5 Å². The van der Waals surface area contributed by atoms with Crippen LogP contribution in [0.2, 0.25) is 0 Å². The van der Waals surface area contributed by atoms with E-state index in [9.17, 15) is 9.90 Å². The van der Waals surface area contributed by atoms with Gasteiger partial charge in [-0.2, -0.15) is 0 Å². The van der Waals surface area contributed by atoms with Gasteiger partial charge in [-0.25, -0.2) is 0 Å². The van der Waals surface area contributed by atoms with Crippen LogP contribution in [0.4, 0.5) is 0 Å². The molecule has 6 fully saturated rings. The van der Waals surface area contributed by atoms with Crippen molar-refractivity contribution in [1.82, 2.24) is 0 Å². The molecule has 0 radical (unpaired) electrons. The van der Waals surface area contributed by atoms with Crippen LogP contribution in [0.3, 0.4) is 0 Å². The molecule has 7 heteroatoms. The van der Waals surface area contributed by atoms with Crippen molar-refractivity contribution in [2.45, 2.75) is 127 Å². The number of aliphatic hydroxyl groups is 1. The molecule has 3 aliphatic carbocycles. The summed E-state index contributed by atoms with van der Waals surface area (Å²) >= 11 is 0. The summed E-state index contributed by atoms with van der Waals surface area (Å²) in [4.78, 5) is 12.1. The van der Waals surface area contributed by atoms with Crippen molar-refractivity contribution >= 4 is 5.97 Å². The molecule has 200 valence electrons. The summed E-state index contributed by atoms with van der Waals surface area (Å²) in [5, 5.41) is 12.2. The Labute approximate surface area is 214 Å². The fourth-order valence-electron chi connectivity index (χ4n) is 9.83. The maximum Gasteiger partial charge on any atom is 0.306 e. The molecule has 4 saturated heterocycles. The van der Waals surface area contributed by atoms with Crippen LogP contribution < -0.4 is 0 Å². The number of esters is 1. The van der Waals surface area contributed by atoms with Crippen molar-refractivity contribution in [3.05, 3.63) is 12.2 Å². The highest BCUT2D eigenvalue weighted by atomic mass is 16.9. The first-order chi connectivity index (χ1) is 16.7. The molecule has 0 aromatic heterocycles. The molecule has 0 amide bonds. The number of carbonyl (C=O) groups is 1. The molecule has 0 aromatic carbocycles. The molecular weight excluding hydrogens is 460 g/mol. The number of epoxide rings is 1. The van der Waals surface area contributed by atoms with Crippen molar-refractivity contribution in [3.63, 3.8) is 0 Å². The molecule has 0 unspecified atom stereocenters. The normalized spacial score (nSPS) is 60.9. The molecule has 1 N–H and O–H groups in total. The second-order valence-electron chi connectivity index (χ2n) is 14.1. The van der Waals surface area contributed by atoms with Gasteiger partial charge in [0, 0.05) is 38.0 Å².